The summed E-state index contributed by atoms with van der Waals surface area (Å²) >= 11 is 0. The molecule has 6 nitrogen and oxygen atoms in total. The second-order valence-electron chi connectivity index (χ2n) is 12.5. The molecule has 0 saturated heterocycles. The lowest BCUT2D eigenvalue weighted by Gasteiger charge is -2.69. The second-order valence-corrected chi connectivity index (χ2v) is 12.5. The number of hydrogen-bond donors (Lipinski definition) is 3. The number of carbonyl (C=O) groups is 2. The predicted molar refractivity (Wildman–Crippen MR) is 131 cm³/mol. The average Bonchev–Trinajstić information content (AvgIpc) is 2.82. The van der Waals surface area contributed by atoms with E-state index >= 15 is 0 Å². The van der Waals surface area contributed by atoms with E-state index in [9.17, 15) is 24.9 Å². The number of benzene rings is 1. The van der Waals surface area contributed by atoms with Gasteiger partial charge in [0.15, 0.2) is 23.1 Å². The van der Waals surface area contributed by atoms with Gasteiger partial charge in [-0.3, -0.25) is 9.59 Å². The van der Waals surface area contributed by atoms with Crippen LogP contribution in [0.1, 0.15) is 88.2 Å². The Balaban J connectivity index is 1.69. The van der Waals surface area contributed by atoms with Gasteiger partial charge in [0.25, 0.3) is 0 Å². The lowest BCUT2D eigenvalue weighted by molar-refractivity contribution is -0.190. The zero-order chi connectivity index (χ0) is 25.7. The van der Waals surface area contributed by atoms with E-state index in [1.807, 2.05) is 6.92 Å². The van der Waals surface area contributed by atoms with Gasteiger partial charge in [-0.25, -0.2) is 0 Å². The number of allylic oxidation sites excluding steroid dienone is 2. The van der Waals surface area contributed by atoms with Gasteiger partial charge < -0.3 is 20.1 Å². The van der Waals surface area contributed by atoms with Crippen LogP contribution in [0.15, 0.2) is 17.7 Å². The van der Waals surface area contributed by atoms with Gasteiger partial charge in [0.05, 0.1) is 13.7 Å². The van der Waals surface area contributed by atoms with E-state index in [1.54, 1.807) is 12.1 Å². The molecule has 0 radical (unpaired) electrons. The van der Waals surface area contributed by atoms with Gasteiger partial charge in [-0.1, -0.05) is 34.6 Å². The van der Waals surface area contributed by atoms with Crippen molar-refractivity contribution >= 4 is 11.6 Å². The summed E-state index contributed by atoms with van der Waals surface area (Å²) in [6.45, 7) is 10.3. The number of ether oxygens (including phenoxy) is 1. The number of phenolic OH excluding ortho intramolecular Hbond substituents is 1. The summed E-state index contributed by atoms with van der Waals surface area (Å²) in [6, 6.07) is 1.66. The zero-order valence-corrected chi connectivity index (χ0v) is 21.7. The fourth-order valence-electron chi connectivity index (χ4n) is 8.76. The number of phenols is 1. The van der Waals surface area contributed by atoms with Gasteiger partial charge >= 0.3 is 0 Å². The smallest absolute Gasteiger partial charge is 0.186 e. The molecule has 0 spiro atoms. The number of aliphatic hydroxyl groups excluding tert-OH is 2. The van der Waals surface area contributed by atoms with Gasteiger partial charge in [0, 0.05) is 27.9 Å². The first kappa shape index (κ1) is 24.5. The van der Waals surface area contributed by atoms with Crippen molar-refractivity contribution in [2.24, 2.45) is 28.1 Å². The van der Waals surface area contributed by atoms with Crippen molar-refractivity contribution in [2.75, 3.05) is 7.11 Å². The van der Waals surface area contributed by atoms with Crippen molar-refractivity contribution in [3.8, 4) is 11.5 Å². The zero-order valence-electron chi connectivity index (χ0n) is 21.7. The summed E-state index contributed by atoms with van der Waals surface area (Å²) in [7, 11) is 1.42. The van der Waals surface area contributed by atoms with Crippen molar-refractivity contribution in [3.05, 3.63) is 34.4 Å². The Labute approximate surface area is 207 Å². The Morgan fingerprint density at radius 3 is 2.40 bits per heavy atom. The third-order valence-electron chi connectivity index (χ3n) is 11.1. The fourth-order valence-corrected chi connectivity index (χ4v) is 8.76. The number of rotatable bonds is 2. The molecule has 0 aromatic heterocycles. The maximum atomic E-state index is 13.6. The third kappa shape index (κ3) is 2.78. The topological polar surface area (TPSA) is 104 Å². The van der Waals surface area contributed by atoms with E-state index < -0.39 is 23.5 Å². The molecule has 3 fully saturated rings. The summed E-state index contributed by atoms with van der Waals surface area (Å²) in [5, 5.41) is 32.0. The Kier molecular flexibility index (Phi) is 5.20. The van der Waals surface area contributed by atoms with E-state index in [2.05, 4.69) is 27.7 Å². The Morgan fingerprint density at radius 2 is 1.77 bits per heavy atom. The maximum absolute atomic E-state index is 13.6. The van der Waals surface area contributed by atoms with Crippen LogP contribution in [0.25, 0.3) is 0 Å². The number of carbonyl (C=O) groups excluding carboxylic acids is 2. The quantitative estimate of drug-likeness (QED) is 0.575. The number of ketones is 2. The molecule has 1 aromatic carbocycles. The van der Waals surface area contributed by atoms with Crippen LogP contribution in [-0.4, -0.2) is 40.1 Å². The SMILES string of the molecule is COc1c(O)cc2c(c1CO)C(=O)C=C1[C@@]2(C)CC[C@@]2(C)[C@@H]3C[C@@H](C)C(=O)[C@@H](O)[C@]3(C)CC[C@]12C. The molecular formula is C29H38O6. The van der Waals surface area contributed by atoms with Gasteiger partial charge in [0.2, 0.25) is 0 Å². The number of aliphatic hydroxyl groups is 2. The number of fused-ring (bicyclic) bond motifs is 7. The summed E-state index contributed by atoms with van der Waals surface area (Å²) in [4.78, 5) is 26.4. The van der Waals surface area contributed by atoms with Gasteiger partial charge in [-0.15, -0.1) is 0 Å². The van der Waals surface area contributed by atoms with Crippen LogP contribution in [-0.2, 0) is 16.8 Å². The molecule has 0 aliphatic heterocycles. The van der Waals surface area contributed by atoms with Crippen molar-refractivity contribution in [3.63, 3.8) is 0 Å². The molecular weight excluding hydrogens is 444 g/mol. The van der Waals surface area contributed by atoms with Crippen molar-refractivity contribution < 1.29 is 29.6 Å². The average molecular weight is 483 g/mol. The van der Waals surface area contributed by atoms with E-state index in [0.29, 0.717) is 17.5 Å². The minimum Gasteiger partial charge on any atom is -0.504 e. The maximum Gasteiger partial charge on any atom is 0.186 e. The van der Waals surface area contributed by atoms with E-state index in [1.165, 1.54) is 7.11 Å². The first-order valence-corrected chi connectivity index (χ1v) is 12.8. The minimum absolute atomic E-state index is 0.0430. The Morgan fingerprint density at radius 1 is 1.09 bits per heavy atom. The predicted octanol–water partition coefficient (Wildman–Crippen LogP) is 4.47. The first-order chi connectivity index (χ1) is 16.3. The Bertz CT molecular complexity index is 1170. The Hall–Kier alpha value is -2.18. The van der Waals surface area contributed by atoms with Crippen LogP contribution in [0.5, 0.6) is 11.5 Å². The molecule has 35 heavy (non-hydrogen) atoms. The molecule has 7 atom stereocenters. The van der Waals surface area contributed by atoms with Crippen LogP contribution in [0.4, 0.5) is 0 Å². The van der Waals surface area contributed by atoms with Crippen molar-refractivity contribution in [2.45, 2.75) is 84.8 Å². The van der Waals surface area contributed by atoms with E-state index in [0.717, 1.165) is 36.8 Å². The lowest BCUT2D eigenvalue weighted by atomic mass is 9.35. The van der Waals surface area contributed by atoms with Crippen LogP contribution >= 0.6 is 0 Å². The normalized spacial score (nSPS) is 42.4. The molecule has 6 heteroatoms. The second kappa shape index (κ2) is 7.42. The molecule has 0 amide bonds. The van der Waals surface area contributed by atoms with Gasteiger partial charge in [-0.2, -0.15) is 0 Å². The highest BCUT2D eigenvalue weighted by molar-refractivity contribution is 6.10. The van der Waals surface area contributed by atoms with Gasteiger partial charge in [-0.05, 0) is 72.1 Å². The standard InChI is InChI=1S/C29H38O6/c1-15-11-20-27(3,25(34)23(15)33)8-10-29(5)21-13-18(31)22-16(14-30)24(35-6)19(32)12-17(22)26(21,2)7-9-28(20,29)4/h12-13,15,20,25,30,32,34H,7-11,14H2,1-6H3/t15-,20-,25-,26+,27-,28+,29-/m1/s1. The molecule has 3 N–H and O–H groups in total. The largest absolute Gasteiger partial charge is 0.504 e. The summed E-state index contributed by atoms with van der Waals surface area (Å²) < 4.78 is 5.34. The molecule has 1 aromatic rings. The molecule has 0 heterocycles. The molecule has 4 aliphatic rings. The third-order valence-corrected chi connectivity index (χ3v) is 11.1. The monoisotopic (exact) mass is 482 g/mol. The van der Waals surface area contributed by atoms with Crippen molar-refractivity contribution in [1.29, 1.82) is 0 Å². The molecule has 3 saturated carbocycles. The number of methoxy groups -OCH3 is 1. The highest BCUT2D eigenvalue weighted by Gasteiger charge is 2.68. The number of Topliss-reactive ketones (excluding diaryl/α,β-unsaturated/α-hetero) is 1. The summed E-state index contributed by atoms with van der Waals surface area (Å²) in [5.74, 6) is -0.164. The summed E-state index contributed by atoms with van der Waals surface area (Å²) in [6.07, 6.45) is 4.71. The van der Waals surface area contributed by atoms with Crippen LogP contribution in [0.3, 0.4) is 0 Å². The first-order valence-electron chi connectivity index (χ1n) is 12.8. The lowest BCUT2D eigenvalue weighted by Crippen LogP contribution is -2.65. The summed E-state index contributed by atoms with van der Waals surface area (Å²) in [5.41, 5.74) is 1.14. The van der Waals surface area contributed by atoms with Crippen LogP contribution in [0.2, 0.25) is 0 Å². The highest BCUT2D eigenvalue weighted by atomic mass is 16.5. The highest BCUT2D eigenvalue weighted by Crippen LogP contribution is 2.73. The molecule has 190 valence electrons. The number of hydrogen-bond acceptors (Lipinski definition) is 6. The molecule has 5 rings (SSSR count). The van der Waals surface area contributed by atoms with Gasteiger partial charge in [0.1, 0.15) is 6.10 Å². The molecule has 4 aliphatic carbocycles. The van der Waals surface area contributed by atoms with E-state index in [-0.39, 0.29) is 45.7 Å². The van der Waals surface area contributed by atoms with Crippen LogP contribution in [0, 0.1) is 28.1 Å². The van der Waals surface area contributed by atoms with Crippen LogP contribution < -0.4 is 4.74 Å². The van der Waals surface area contributed by atoms with E-state index in [4.69, 9.17) is 4.74 Å². The molecule has 0 bridgehead atoms. The van der Waals surface area contributed by atoms with Crippen molar-refractivity contribution in [1.82, 2.24) is 0 Å². The molecule has 0 unspecified atom stereocenters. The minimum atomic E-state index is -0.954. The fraction of sp³-hybridized carbons (Fsp3) is 0.655. The number of aromatic hydroxyl groups is 1.